The van der Waals surface area contributed by atoms with Crippen LogP contribution in [0, 0.1) is 5.92 Å². The number of anilines is 1. The van der Waals surface area contributed by atoms with Gasteiger partial charge in [-0.1, -0.05) is 36.4 Å². The largest absolute Gasteiger partial charge is 0.492 e. The summed E-state index contributed by atoms with van der Waals surface area (Å²) in [6, 6.07) is 15.4. The number of carbonyl (C=O) groups excluding carboxylic acids is 1. The highest BCUT2D eigenvalue weighted by Crippen LogP contribution is 2.39. The molecule has 2 aliphatic rings. The highest BCUT2D eigenvalue weighted by Gasteiger charge is 2.37. The molecule has 0 bridgehead atoms. The van der Waals surface area contributed by atoms with Gasteiger partial charge in [-0.2, -0.15) is 0 Å². The van der Waals surface area contributed by atoms with Crippen molar-refractivity contribution >= 4 is 17.6 Å². The minimum absolute atomic E-state index is 0.00911. The Morgan fingerprint density at radius 1 is 1.12 bits per heavy atom. The van der Waals surface area contributed by atoms with Crippen LogP contribution in [0.25, 0.3) is 0 Å². The zero-order chi connectivity index (χ0) is 17.4. The molecule has 25 heavy (non-hydrogen) atoms. The predicted octanol–water partition coefficient (Wildman–Crippen LogP) is 2.84. The Bertz CT molecular complexity index is 832. The van der Waals surface area contributed by atoms with E-state index < -0.39 is 5.97 Å². The number of carboxylic acids is 1. The van der Waals surface area contributed by atoms with Crippen LogP contribution < -0.4 is 9.64 Å². The van der Waals surface area contributed by atoms with Crippen LogP contribution in [0.2, 0.25) is 0 Å². The minimum atomic E-state index is -0.843. The molecule has 0 fully saturated rings. The van der Waals surface area contributed by atoms with Gasteiger partial charge < -0.3 is 14.7 Å². The van der Waals surface area contributed by atoms with Crippen LogP contribution in [0.1, 0.15) is 23.5 Å². The Labute approximate surface area is 145 Å². The topological polar surface area (TPSA) is 66.8 Å². The second-order valence-electron chi connectivity index (χ2n) is 6.62. The maximum absolute atomic E-state index is 13.1. The summed E-state index contributed by atoms with van der Waals surface area (Å²) in [5.74, 6) is -0.392. The van der Waals surface area contributed by atoms with Crippen LogP contribution in [0.5, 0.6) is 5.75 Å². The Kier molecular flexibility index (Phi) is 3.92. The molecular formula is C20H19NO4. The molecule has 0 spiro atoms. The van der Waals surface area contributed by atoms with Gasteiger partial charge in [-0.05, 0) is 29.7 Å². The molecule has 2 aliphatic heterocycles. The van der Waals surface area contributed by atoms with Gasteiger partial charge in [0.15, 0.2) is 0 Å². The molecule has 2 unspecified atom stereocenters. The molecule has 0 aromatic heterocycles. The second-order valence-corrected chi connectivity index (χ2v) is 6.62. The number of ether oxygens (including phenoxy) is 1. The number of nitrogens with zero attached hydrogens (tertiary/aromatic N) is 1. The first-order chi connectivity index (χ1) is 12.1. The molecule has 1 amide bonds. The van der Waals surface area contributed by atoms with Crippen molar-refractivity contribution in [1.82, 2.24) is 0 Å². The first kappa shape index (κ1) is 15.7. The third-order valence-electron chi connectivity index (χ3n) is 4.99. The molecule has 1 N–H and O–H groups in total. The fraction of sp³-hybridized carbons (Fsp3) is 0.300. The molecule has 0 saturated heterocycles. The summed E-state index contributed by atoms with van der Waals surface area (Å²) in [6.45, 7) is 0.779. The maximum Gasteiger partial charge on any atom is 0.304 e. The van der Waals surface area contributed by atoms with E-state index in [4.69, 9.17) is 9.84 Å². The number of carboxylic acid groups (broad SMARTS) is 1. The molecule has 4 rings (SSSR count). The minimum Gasteiger partial charge on any atom is -0.492 e. The van der Waals surface area contributed by atoms with Gasteiger partial charge in [-0.15, -0.1) is 0 Å². The average Bonchev–Trinajstić information content (AvgIpc) is 2.99. The summed E-state index contributed by atoms with van der Waals surface area (Å²) < 4.78 is 5.75. The van der Waals surface area contributed by atoms with Crippen LogP contribution >= 0.6 is 0 Å². The number of amides is 1. The van der Waals surface area contributed by atoms with Crippen molar-refractivity contribution in [2.24, 2.45) is 5.92 Å². The lowest BCUT2D eigenvalue weighted by Gasteiger charge is -2.28. The number of hydrogen-bond donors (Lipinski definition) is 1. The molecule has 2 atom stereocenters. The molecule has 5 nitrogen and oxygen atoms in total. The van der Waals surface area contributed by atoms with Gasteiger partial charge in [0.2, 0.25) is 5.91 Å². The fourth-order valence-electron chi connectivity index (χ4n) is 3.80. The smallest absolute Gasteiger partial charge is 0.304 e. The first-order valence-electron chi connectivity index (χ1n) is 8.46. The summed E-state index contributed by atoms with van der Waals surface area (Å²) in [5.41, 5.74) is 2.81. The molecule has 2 aromatic carbocycles. The van der Waals surface area contributed by atoms with Gasteiger partial charge in [0.1, 0.15) is 12.4 Å². The Morgan fingerprint density at radius 3 is 2.72 bits per heavy atom. The van der Waals surface area contributed by atoms with Crippen LogP contribution in [0.4, 0.5) is 5.69 Å². The number of para-hydroxylation sites is 2. The lowest BCUT2D eigenvalue weighted by atomic mass is 9.95. The normalized spacial score (nSPS) is 21.2. The van der Waals surface area contributed by atoms with Gasteiger partial charge in [0.25, 0.3) is 0 Å². The van der Waals surface area contributed by atoms with Crippen LogP contribution in [-0.4, -0.2) is 30.1 Å². The van der Waals surface area contributed by atoms with Crippen molar-refractivity contribution in [2.45, 2.75) is 18.8 Å². The molecular weight excluding hydrogens is 318 g/mol. The quantitative estimate of drug-likeness (QED) is 0.935. The fourth-order valence-corrected chi connectivity index (χ4v) is 3.80. The molecule has 0 aliphatic carbocycles. The summed E-state index contributed by atoms with van der Waals surface area (Å²) in [7, 11) is 0. The van der Waals surface area contributed by atoms with E-state index >= 15 is 0 Å². The Morgan fingerprint density at radius 2 is 1.88 bits per heavy atom. The van der Waals surface area contributed by atoms with Crippen molar-refractivity contribution in [2.75, 3.05) is 18.1 Å². The van der Waals surface area contributed by atoms with Gasteiger partial charge >= 0.3 is 5.97 Å². The van der Waals surface area contributed by atoms with Crippen molar-refractivity contribution < 1.29 is 19.4 Å². The second kappa shape index (κ2) is 6.24. The molecule has 128 valence electrons. The Hall–Kier alpha value is -2.82. The highest BCUT2D eigenvalue weighted by molar-refractivity contribution is 5.98. The van der Waals surface area contributed by atoms with E-state index in [2.05, 4.69) is 0 Å². The monoisotopic (exact) mass is 337 g/mol. The van der Waals surface area contributed by atoms with E-state index in [0.717, 1.165) is 22.6 Å². The van der Waals surface area contributed by atoms with E-state index in [1.54, 1.807) is 4.90 Å². The SMILES string of the molecule is O=C(O)CC1CN(C(=O)C2COc3ccccc3C2)c2ccccc21. The van der Waals surface area contributed by atoms with Gasteiger partial charge in [0.05, 0.1) is 12.3 Å². The zero-order valence-electron chi connectivity index (χ0n) is 13.7. The van der Waals surface area contributed by atoms with Crippen LogP contribution in [0.3, 0.4) is 0 Å². The van der Waals surface area contributed by atoms with Crippen molar-refractivity contribution in [1.29, 1.82) is 0 Å². The number of fused-ring (bicyclic) bond motifs is 2. The van der Waals surface area contributed by atoms with E-state index in [1.807, 2.05) is 48.5 Å². The zero-order valence-corrected chi connectivity index (χ0v) is 13.7. The van der Waals surface area contributed by atoms with Crippen LogP contribution in [0.15, 0.2) is 48.5 Å². The van der Waals surface area contributed by atoms with Crippen molar-refractivity contribution in [3.63, 3.8) is 0 Å². The number of hydrogen-bond acceptors (Lipinski definition) is 3. The standard InChI is InChI=1S/C20H19NO4/c22-19(23)10-14-11-21(17-7-3-2-6-16(14)17)20(24)15-9-13-5-1-4-8-18(13)25-12-15/h1-8,14-15H,9-12H2,(H,22,23). The number of benzene rings is 2. The van der Waals surface area contributed by atoms with E-state index in [-0.39, 0.29) is 24.2 Å². The lowest BCUT2D eigenvalue weighted by Crippen LogP contribution is -2.40. The molecule has 2 aromatic rings. The summed E-state index contributed by atoms with van der Waals surface area (Å²) >= 11 is 0. The molecule has 2 heterocycles. The lowest BCUT2D eigenvalue weighted by molar-refractivity contribution is -0.137. The molecule has 5 heteroatoms. The molecule has 0 radical (unpaired) electrons. The summed E-state index contributed by atoms with van der Waals surface area (Å²) in [5, 5.41) is 9.16. The average molecular weight is 337 g/mol. The summed E-state index contributed by atoms with van der Waals surface area (Å²) in [4.78, 5) is 26.0. The van der Waals surface area contributed by atoms with Gasteiger partial charge in [-0.25, -0.2) is 0 Å². The number of carbonyl (C=O) groups is 2. The molecule has 0 saturated carbocycles. The van der Waals surface area contributed by atoms with Crippen molar-refractivity contribution in [3.8, 4) is 5.75 Å². The Balaban J connectivity index is 1.58. The number of aliphatic carboxylic acids is 1. The van der Waals surface area contributed by atoms with Gasteiger partial charge in [0, 0.05) is 18.2 Å². The van der Waals surface area contributed by atoms with E-state index in [1.165, 1.54) is 0 Å². The first-order valence-corrected chi connectivity index (χ1v) is 8.46. The predicted molar refractivity (Wildman–Crippen MR) is 92.9 cm³/mol. The third-order valence-corrected chi connectivity index (χ3v) is 4.99. The van der Waals surface area contributed by atoms with E-state index in [0.29, 0.717) is 19.6 Å². The highest BCUT2D eigenvalue weighted by atomic mass is 16.5. The van der Waals surface area contributed by atoms with Crippen molar-refractivity contribution in [3.05, 3.63) is 59.7 Å². The summed E-state index contributed by atoms with van der Waals surface area (Å²) in [6.07, 6.45) is 0.683. The third kappa shape index (κ3) is 2.86. The van der Waals surface area contributed by atoms with Crippen LogP contribution in [-0.2, 0) is 16.0 Å². The number of rotatable bonds is 3. The van der Waals surface area contributed by atoms with E-state index in [9.17, 15) is 9.59 Å². The van der Waals surface area contributed by atoms with Gasteiger partial charge in [-0.3, -0.25) is 9.59 Å². The maximum atomic E-state index is 13.1.